The van der Waals surface area contributed by atoms with Crippen molar-refractivity contribution in [1.82, 2.24) is 4.90 Å². The van der Waals surface area contributed by atoms with Crippen molar-refractivity contribution in [3.05, 3.63) is 35.4 Å². The first-order chi connectivity index (χ1) is 9.56. The summed E-state index contributed by atoms with van der Waals surface area (Å²) in [6, 6.07) is 8.01. The standard InChI is InChI=1S/C17H25NO2/c1-13(2)8-9-16-7-4-10-18(16)12-14-5-3-6-15(11-14)17(19)20/h3,5-6,11,13,16H,4,7-10,12H2,1-2H3,(H,19,20). The zero-order valence-corrected chi connectivity index (χ0v) is 12.5. The van der Waals surface area contributed by atoms with Gasteiger partial charge >= 0.3 is 5.97 Å². The Hall–Kier alpha value is -1.35. The minimum Gasteiger partial charge on any atom is -0.478 e. The van der Waals surface area contributed by atoms with Crippen LogP contribution in [-0.2, 0) is 6.54 Å². The second-order valence-electron chi connectivity index (χ2n) is 6.24. The SMILES string of the molecule is CC(C)CCC1CCCN1Cc1cccc(C(=O)O)c1. The van der Waals surface area contributed by atoms with Gasteiger partial charge in [0.05, 0.1) is 5.56 Å². The Bertz CT molecular complexity index is 456. The first-order valence-corrected chi connectivity index (χ1v) is 7.62. The highest BCUT2D eigenvalue weighted by atomic mass is 16.4. The molecule has 3 nitrogen and oxygen atoms in total. The highest BCUT2D eigenvalue weighted by molar-refractivity contribution is 5.87. The molecular weight excluding hydrogens is 250 g/mol. The minimum atomic E-state index is -0.843. The fourth-order valence-corrected chi connectivity index (χ4v) is 2.99. The highest BCUT2D eigenvalue weighted by Crippen LogP contribution is 2.25. The number of rotatable bonds is 6. The summed E-state index contributed by atoms with van der Waals surface area (Å²) in [5, 5.41) is 9.05. The van der Waals surface area contributed by atoms with Crippen LogP contribution in [0.15, 0.2) is 24.3 Å². The molecule has 20 heavy (non-hydrogen) atoms. The summed E-state index contributed by atoms with van der Waals surface area (Å²) >= 11 is 0. The average Bonchev–Trinajstić information content (AvgIpc) is 2.84. The maximum Gasteiger partial charge on any atom is 0.335 e. The van der Waals surface area contributed by atoms with Crippen LogP contribution in [0.3, 0.4) is 0 Å². The van der Waals surface area contributed by atoms with Gasteiger partial charge in [-0.15, -0.1) is 0 Å². The number of aromatic carboxylic acids is 1. The van der Waals surface area contributed by atoms with Gasteiger partial charge in [-0.25, -0.2) is 4.79 Å². The summed E-state index contributed by atoms with van der Waals surface area (Å²) in [6.07, 6.45) is 5.08. The predicted molar refractivity (Wildman–Crippen MR) is 80.9 cm³/mol. The summed E-state index contributed by atoms with van der Waals surface area (Å²) in [7, 11) is 0. The third kappa shape index (κ3) is 4.07. The van der Waals surface area contributed by atoms with Crippen molar-refractivity contribution in [2.75, 3.05) is 6.54 Å². The molecule has 1 atom stereocenters. The van der Waals surface area contributed by atoms with E-state index in [2.05, 4.69) is 18.7 Å². The Morgan fingerprint density at radius 3 is 2.95 bits per heavy atom. The molecule has 0 bridgehead atoms. The van der Waals surface area contributed by atoms with Gasteiger partial charge in [-0.1, -0.05) is 26.0 Å². The first kappa shape index (κ1) is 15.0. The molecular formula is C17H25NO2. The van der Waals surface area contributed by atoms with E-state index in [0.29, 0.717) is 11.6 Å². The summed E-state index contributed by atoms with van der Waals surface area (Å²) in [6.45, 7) is 6.56. The lowest BCUT2D eigenvalue weighted by molar-refractivity contribution is 0.0696. The molecule has 0 aliphatic carbocycles. The van der Waals surface area contributed by atoms with E-state index in [1.54, 1.807) is 12.1 Å². The lowest BCUT2D eigenvalue weighted by Crippen LogP contribution is -2.29. The van der Waals surface area contributed by atoms with Gasteiger partial charge in [-0.05, 0) is 55.8 Å². The summed E-state index contributed by atoms with van der Waals surface area (Å²) in [4.78, 5) is 13.5. The zero-order valence-electron chi connectivity index (χ0n) is 12.5. The zero-order chi connectivity index (χ0) is 14.5. The molecule has 1 heterocycles. The van der Waals surface area contributed by atoms with Gasteiger partial charge in [0.1, 0.15) is 0 Å². The molecule has 110 valence electrons. The van der Waals surface area contributed by atoms with E-state index in [1.807, 2.05) is 12.1 Å². The quantitative estimate of drug-likeness (QED) is 0.858. The monoisotopic (exact) mass is 275 g/mol. The van der Waals surface area contributed by atoms with Crippen molar-refractivity contribution in [2.24, 2.45) is 5.92 Å². The second kappa shape index (κ2) is 6.89. The summed E-state index contributed by atoms with van der Waals surface area (Å²) in [5.41, 5.74) is 1.50. The molecule has 2 rings (SSSR count). The Morgan fingerprint density at radius 1 is 1.45 bits per heavy atom. The van der Waals surface area contributed by atoms with Gasteiger partial charge < -0.3 is 5.11 Å². The minimum absolute atomic E-state index is 0.389. The van der Waals surface area contributed by atoms with Crippen LogP contribution in [0, 0.1) is 5.92 Å². The van der Waals surface area contributed by atoms with E-state index in [4.69, 9.17) is 5.11 Å². The van der Waals surface area contributed by atoms with Crippen LogP contribution in [-0.4, -0.2) is 28.6 Å². The number of likely N-dealkylation sites (tertiary alicyclic amines) is 1. The Morgan fingerprint density at radius 2 is 2.25 bits per heavy atom. The largest absolute Gasteiger partial charge is 0.478 e. The molecule has 0 spiro atoms. The molecule has 0 amide bonds. The third-order valence-corrected chi connectivity index (χ3v) is 4.14. The van der Waals surface area contributed by atoms with E-state index >= 15 is 0 Å². The predicted octanol–water partition coefficient (Wildman–Crippen LogP) is 3.79. The molecule has 1 unspecified atom stereocenters. The molecule has 1 aromatic rings. The van der Waals surface area contributed by atoms with E-state index in [1.165, 1.54) is 25.7 Å². The maximum absolute atomic E-state index is 11.0. The van der Waals surface area contributed by atoms with Crippen molar-refractivity contribution in [2.45, 2.75) is 52.1 Å². The summed E-state index contributed by atoms with van der Waals surface area (Å²) in [5.74, 6) is -0.0857. The Kier molecular flexibility index (Phi) is 5.18. The van der Waals surface area contributed by atoms with Gasteiger partial charge in [-0.2, -0.15) is 0 Å². The fraction of sp³-hybridized carbons (Fsp3) is 0.588. The fourth-order valence-electron chi connectivity index (χ4n) is 2.99. The molecule has 0 saturated carbocycles. The topological polar surface area (TPSA) is 40.5 Å². The van der Waals surface area contributed by atoms with Crippen molar-refractivity contribution in [3.63, 3.8) is 0 Å². The van der Waals surface area contributed by atoms with Crippen molar-refractivity contribution >= 4 is 5.97 Å². The van der Waals surface area contributed by atoms with Gasteiger partial charge in [0.2, 0.25) is 0 Å². The molecule has 1 aromatic carbocycles. The van der Waals surface area contributed by atoms with Crippen LogP contribution in [0.4, 0.5) is 0 Å². The lowest BCUT2D eigenvalue weighted by atomic mass is 10.0. The van der Waals surface area contributed by atoms with Crippen molar-refractivity contribution < 1.29 is 9.90 Å². The number of carbonyl (C=O) groups is 1. The average molecular weight is 275 g/mol. The molecule has 1 fully saturated rings. The van der Waals surface area contributed by atoms with Crippen molar-refractivity contribution in [1.29, 1.82) is 0 Å². The number of nitrogens with zero attached hydrogens (tertiary/aromatic N) is 1. The molecule has 0 radical (unpaired) electrons. The van der Waals surface area contributed by atoms with Crippen LogP contribution in [0.2, 0.25) is 0 Å². The number of carboxylic acid groups (broad SMARTS) is 1. The Balaban J connectivity index is 1.97. The van der Waals surface area contributed by atoms with Crippen LogP contribution in [0.1, 0.15) is 55.5 Å². The molecule has 3 heteroatoms. The van der Waals surface area contributed by atoms with E-state index in [0.717, 1.165) is 24.6 Å². The maximum atomic E-state index is 11.0. The normalized spacial score (nSPS) is 19.6. The molecule has 1 aliphatic rings. The smallest absolute Gasteiger partial charge is 0.335 e. The van der Waals surface area contributed by atoms with Gasteiger partial charge in [-0.3, -0.25) is 4.90 Å². The molecule has 1 saturated heterocycles. The van der Waals surface area contributed by atoms with Gasteiger partial charge in [0.15, 0.2) is 0 Å². The number of hydrogen-bond acceptors (Lipinski definition) is 2. The van der Waals surface area contributed by atoms with Crippen LogP contribution >= 0.6 is 0 Å². The first-order valence-electron chi connectivity index (χ1n) is 7.62. The highest BCUT2D eigenvalue weighted by Gasteiger charge is 2.24. The third-order valence-electron chi connectivity index (χ3n) is 4.14. The lowest BCUT2D eigenvalue weighted by Gasteiger charge is -2.25. The number of carboxylic acids is 1. The van der Waals surface area contributed by atoms with Crippen LogP contribution < -0.4 is 0 Å². The van der Waals surface area contributed by atoms with Gasteiger partial charge in [0, 0.05) is 12.6 Å². The molecule has 1 N–H and O–H groups in total. The summed E-state index contributed by atoms with van der Waals surface area (Å²) < 4.78 is 0. The molecule has 1 aliphatic heterocycles. The second-order valence-corrected chi connectivity index (χ2v) is 6.24. The van der Waals surface area contributed by atoms with E-state index < -0.39 is 5.97 Å². The molecule has 0 aromatic heterocycles. The number of hydrogen-bond donors (Lipinski definition) is 1. The van der Waals surface area contributed by atoms with Gasteiger partial charge in [0.25, 0.3) is 0 Å². The van der Waals surface area contributed by atoms with Crippen molar-refractivity contribution in [3.8, 4) is 0 Å². The Labute approximate surface area is 121 Å². The van der Waals surface area contributed by atoms with E-state index in [9.17, 15) is 4.79 Å². The van der Waals surface area contributed by atoms with Crippen LogP contribution in [0.25, 0.3) is 0 Å². The number of benzene rings is 1. The van der Waals surface area contributed by atoms with Crippen LogP contribution in [0.5, 0.6) is 0 Å². The van der Waals surface area contributed by atoms with E-state index in [-0.39, 0.29) is 0 Å².